The third kappa shape index (κ3) is 3.81. The minimum Gasteiger partial charge on any atom is -0.360 e. The van der Waals surface area contributed by atoms with E-state index in [9.17, 15) is 13.6 Å². The number of carbonyl (C=O) groups is 1. The van der Waals surface area contributed by atoms with Gasteiger partial charge >= 0.3 is 0 Å². The topological polar surface area (TPSA) is 75.6 Å². The molecular weight excluding hydrogens is 420 g/mol. The van der Waals surface area contributed by atoms with E-state index >= 15 is 0 Å². The highest BCUT2D eigenvalue weighted by molar-refractivity contribution is 8.00. The molecule has 2 heterocycles. The van der Waals surface area contributed by atoms with Crippen molar-refractivity contribution in [2.45, 2.75) is 36.2 Å². The van der Waals surface area contributed by atoms with Crippen molar-refractivity contribution >= 4 is 34.3 Å². The molecule has 9 heteroatoms. The molecule has 1 aliphatic rings. The molecule has 2 aromatic heterocycles. The van der Waals surface area contributed by atoms with Gasteiger partial charge in [0, 0.05) is 40.5 Å². The molecule has 1 unspecified atom stereocenters. The molecule has 5 rings (SSSR count). The van der Waals surface area contributed by atoms with Gasteiger partial charge in [-0.3, -0.25) is 9.36 Å². The Morgan fingerprint density at radius 2 is 2.00 bits per heavy atom. The summed E-state index contributed by atoms with van der Waals surface area (Å²) in [6.45, 7) is 1.75. The molecule has 4 aromatic rings. The summed E-state index contributed by atoms with van der Waals surface area (Å²) in [5.41, 5.74) is 2.21. The van der Waals surface area contributed by atoms with Gasteiger partial charge in [-0.15, -0.1) is 10.2 Å². The number of halogens is 2. The van der Waals surface area contributed by atoms with E-state index in [-0.39, 0.29) is 11.6 Å². The first-order valence-electron chi connectivity index (χ1n) is 9.95. The number of hydrogen-bond acceptors (Lipinski definition) is 4. The Labute approximate surface area is 181 Å². The number of nitrogens with one attached hydrogen (secondary N) is 2. The lowest BCUT2D eigenvalue weighted by Crippen LogP contribution is -2.23. The highest BCUT2D eigenvalue weighted by Gasteiger charge is 2.32. The van der Waals surface area contributed by atoms with Crippen LogP contribution in [-0.4, -0.2) is 30.9 Å². The van der Waals surface area contributed by atoms with Gasteiger partial charge in [0.15, 0.2) is 22.6 Å². The zero-order valence-corrected chi connectivity index (χ0v) is 17.4. The van der Waals surface area contributed by atoms with Gasteiger partial charge < -0.3 is 10.3 Å². The number of nitrogens with zero attached hydrogens (tertiary/aromatic N) is 3. The van der Waals surface area contributed by atoms with Gasteiger partial charge in [0.1, 0.15) is 0 Å². The molecule has 2 N–H and O–H groups in total. The number of rotatable bonds is 6. The van der Waals surface area contributed by atoms with E-state index in [1.54, 1.807) is 6.92 Å². The number of H-pyrrole nitrogens is 1. The van der Waals surface area contributed by atoms with Crippen molar-refractivity contribution in [2.75, 3.05) is 5.32 Å². The van der Waals surface area contributed by atoms with Crippen LogP contribution in [0.3, 0.4) is 0 Å². The molecular formula is C22H19F2N5OS. The van der Waals surface area contributed by atoms with Gasteiger partial charge in [-0.1, -0.05) is 30.0 Å². The summed E-state index contributed by atoms with van der Waals surface area (Å²) >= 11 is 1.30. The third-order valence-corrected chi connectivity index (χ3v) is 6.30. The molecule has 158 valence electrons. The first-order chi connectivity index (χ1) is 15.0. The molecule has 1 fully saturated rings. The minimum atomic E-state index is -1.00. The quantitative estimate of drug-likeness (QED) is 0.407. The Balaban J connectivity index is 1.39. The maximum atomic E-state index is 13.4. The Hall–Kier alpha value is -3.20. The average molecular weight is 439 g/mol. The van der Waals surface area contributed by atoms with Gasteiger partial charge in [0.05, 0.1) is 5.25 Å². The van der Waals surface area contributed by atoms with Gasteiger partial charge in [0.2, 0.25) is 5.91 Å². The standard InChI is InChI=1S/C22H19F2N5OS/c1-12(21(30)26-13-6-9-17(23)18(24)10-13)31-22-28-27-20(29(22)14-7-8-14)16-11-25-19-5-3-2-4-15(16)19/h2-6,9-12,14,25H,7-8H2,1H3,(H,26,30). The third-order valence-electron chi connectivity index (χ3n) is 5.25. The zero-order chi connectivity index (χ0) is 21.5. The summed E-state index contributed by atoms with van der Waals surface area (Å²) in [6, 6.07) is 11.6. The first kappa shape index (κ1) is 19.7. The largest absolute Gasteiger partial charge is 0.360 e. The number of para-hydroxylation sites is 1. The smallest absolute Gasteiger partial charge is 0.237 e. The van der Waals surface area contributed by atoms with E-state index in [4.69, 9.17) is 0 Å². The van der Waals surface area contributed by atoms with Crippen molar-refractivity contribution in [3.63, 3.8) is 0 Å². The highest BCUT2D eigenvalue weighted by Crippen LogP contribution is 2.42. The predicted octanol–water partition coefficient (Wildman–Crippen LogP) is 5.16. The fourth-order valence-corrected chi connectivity index (χ4v) is 4.41. The van der Waals surface area contributed by atoms with Crippen LogP contribution in [0.15, 0.2) is 53.8 Å². The van der Waals surface area contributed by atoms with E-state index in [1.807, 2.05) is 30.5 Å². The molecule has 2 aromatic carbocycles. The molecule has 1 amide bonds. The van der Waals surface area contributed by atoms with E-state index in [0.29, 0.717) is 11.2 Å². The Kier molecular flexibility index (Phi) is 4.97. The van der Waals surface area contributed by atoms with Crippen LogP contribution in [0.2, 0.25) is 0 Å². The van der Waals surface area contributed by atoms with Crippen molar-refractivity contribution in [1.29, 1.82) is 0 Å². The van der Waals surface area contributed by atoms with Crippen molar-refractivity contribution in [3.05, 3.63) is 60.3 Å². The van der Waals surface area contributed by atoms with Crippen LogP contribution in [0.4, 0.5) is 14.5 Å². The summed E-state index contributed by atoms with van der Waals surface area (Å²) in [5, 5.41) is 12.6. The van der Waals surface area contributed by atoms with Crippen LogP contribution < -0.4 is 5.32 Å². The number of benzene rings is 2. The average Bonchev–Trinajstić information content (AvgIpc) is 3.38. The minimum absolute atomic E-state index is 0.208. The van der Waals surface area contributed by atoms with Crippen LogP contribution in [0.5, 0.6) is 0 Å². The molecule has 0 radical (unpaired) electrons. The van der Waals surface area contributed by atoms with E-state index < -0.39 is 16.9 Å². The normalized spacial score (nSPS) is 14.7. The van der Waals surface area contributed by atoms with Gasteiger partial charge in [0.25, 0.3) is 0 Å². The molecule has 0 saturated heterocycles. The van der Waals surface area contributed by atoms with Crippen molar-refractivity contribution < 1.29 is 13.6 Å². The molecule has 1 saturated carbocycles. The summed E-state index contributed by atoms with van der Waals surface area (Å²) in [7, 11) is 0. The molecule has 6 nitrogen and oxygen atoms in total. The fourth-order valence-electron chi connectivity index (χ4n) is 3.49. The number of amides is 1. The van der Waals surface area contributed by atoms with E-state index in [2.05, 4.69) is 25.1 Å². The number of fused-ring (bicyclic) bond motifs is 1. The monoisotopic (exact) mass is 439 g/mol. The second-order valence-corrected chi connectivity index (χ2v) is 8.84. The van der Waals surface area contributed by atoms with Crippen molar-refractivity contribution in [1.82, 2.24) is 19.7 Å². The number of aromatic amines is 1. The number of aromatic nitrogens is 4. The second-order valence-electron chi connectivity index (χ2n) is 7.53. The summed E-state index contributed by atoms with van der Waals surface area (Å²) < 4.78 is 28.6. The Bertz CT molecular complexity index is 1280. The van der Waals surface area contributed by atoms with Crippen LogP contribution in [0.1, 0.15) is 25.8 Å². The van der Waals surface area contributed by atoms with Crippen LogP contribution in [-0.2, 0) is 4.79 Å². The van der Waals surface area contributed by atoms with Gasteiger partial charge in [-0.05, 0) is 38.0 Å². The number of carbonyl (C=O) groups excluding carboxylic acids is 1. The zero-order valence-electron chi connectivity index (χ0n) is 16.6. The van der Waals surface area contributed by atoms with Crippen molar-refractivity contribution in [2.24, 2.45) is 0 Å². The number of hydrogen-bond donors (Lipinski definition) is 2. The van der Waals surface area contributed by atoms with Crippen molar-refractivity contribution in [3.8, 4) is 11.4 Å². The SMILES string of the molecule is CC(Sc1nnc(-c2c[nH]c3ccccc23)n1C1CC1)C(=O)Nc1ccc(F)c(F)c1. The lowest BCUT2D eigenvalue weighted by molar-refractivity contribution is -0.115. The highest BCUT2D eigenvalue weighted by atomic mass is 32.2. The first-order valence-corrected chi connectivity index (χ1v) is 10.8. The fraction of sp³-hybridized carbons (Fsp3) is 0.227. The van der Waals surface area contributed by atoms with Crippen LogP contribution >= 0.6 is 11.8 Å². The van der Waals surface area contributed by atoms with Gasteiger partial charge in [-0.2, -0.15) is 0 Å². The summed E-state index contributed by atoms with van der Waals surface area (Å²) in [4.78, 5) is 15.9. The van der Waals surface area contributed by atoms with E-state index in [0.717, 1.165) is 47.3 Å². The number of thioether (sulfide) groups is 1. The van der Waals surface area contributed by atoms with Gasteiger partial charge in [-0.25, -0.2) is 8.78 Å². The molecule has 1 aliphatic carbocycles. The molecule has 1 atom stereocenters. The predicted molar refractivity (Wildman–Crippen MR) is 116 cm³/mol. The summed E-state index contributed by atoms with van der Waals surface area (Å²) in [5.74, 6) is -1.51. The molecule has 0 aliphatic heterocycles. The lowest BCUT2D eigenvalue weighted by atomic mass is 10.1. The Morgan fingerprint density at radius 3 is 2.77 bits per heavy atom. The second kappa shape index (κ2) is 7.81. The van der Waals surface area contributed by atoms with E-state index in [1.165, 1.54) is 17.8 Å². The summed E-state index contributed by atoms with van der Waals surface area (Å²) in [6.07, 6.45) is 4.01. The number of anilines is 1. The maximum absolute atomic E-state index is 13.4. The molecule has 0 bridgehead atoms. The Morgan fingerprint density at radius 1 is 1.19 bits per heavy atom. The maximum Gasteiger partial charge on any atom is 0.237 e. The lowest BCUT2D eigenvalue weighted by Gasteiger charge is -2.13. The van der Waals surface area contributed by atoms with Crippen LogP contribution in [0.25, 0.3) is 22.3 Å². The molecule has 31 heavy (non-hydrogen) atoms. The molecule has 0 spiro atoms. The van der Waals surface area contributed by atoms with Crippen LogP contribution in [0, 0.1) is 11.6 Å².